The molecule has 0 aliphatic carbocycles. The van der Waals surface area contributed by atoms with Gasteiger partial charge in [0, 0.05) is 6.42 Å². The molecule has 1 amide bonds. The van der Waals surface area contributed by atoms with Crippen molar-refractivity contribution < 1.29 is 9.53 Å². The van der Waals surface area contributed by atoms with Crippen LogP contribution in [0.1, 0.15) is 26.7 Å². The van der Waals surface area contributed by atoms with Gasteiger partial charge in [0.1, 0.15) is 17.6 Å². The Labute approximate surface area is 119 Å². The molecular formula is C15H21N3O2. The lowest BCUT2D eigenvalue weighted by Gasteiger charge is -2.23. The summed E-state index contributed by atoms with van der Waals surface area (Å²) in [6.07, 6.45) is 1.40. The molecular weight excluding hydrogens is 254 g/mol. The largest absolute Gasteiger partial charge is 0.493 e. The van der Waals surface area contributed by atoms with E-state index < -0.39 is 0 Å². The normalized spacial score (nSPS) is 18.2. The monoisotopic (exact) mass is 275 g/mol. The quantitative estimate of drug-likeness (QED) is 0.833. The van der Waals surface area contributed by atoms with Crippen molar-refractivity contribution >= 4 is 11.7 Å². The lowest BCUT2D eigenvalue weighted by Crippen LogP contribution is -2.51. The molecule has 0 aromatic heterocycles. The number of amidine groups is 1. The number of para-hydroxylation sites is 1. The van der Waals surface area contributed by atoms with Crippen LogP contribution in [0.25, 0.3) is 0 Å². The van der Waals surface area contributed by atoms with Gasteiger partial charge in [-0.15, -0.1) is 0 Å². The number of carbonyl (C=O) groups excluding carboxylic acids is 1. The van der Waals surface area contributed by atoms with E-state index >= 15 is 0 Å². The number of rotatable bonds is 6. The highest BCUT2D eigenvalue weighted by molar-refractivity contribution is 5.93. The summed E-state index contributed by atoms with van der Waals surface area (Å²) in [4.78, 5) is 16.1. The number of nitrogens with one attached hydrogen (secondary N) is 2. The molecule has 0 fully saturated rings. The number of carbonyl (C=O) groups is 1. The van der Waals surface area contributed by atoms with Crippen LogP contribution >= 0.6 is 0 Å². The third-order valence-electron chi connectivity index (χ3n) is 2.99. The minimum Gasteiger partial charge on any atom is -0.493 e. The van der Waals surface area contributed by atoms with Gasteiger partial charge in [0.2, 0.25) is 0 Å². The Balaban J connectivity index is 1.84. The Kier molecular flexibility index (Phi) is 4.98. The summed E-state index contributed by atoms with van der Waals surface area (Å²) in [7, 11) is 0. The van der Waals surface area contributed by atoms with E-state index in [2.05, 4.69) is 29.7 Å². The topological polar surface area (TPSA) is 62.7 Å². The van der Waals surface area contributed by atoms with Gasteiger partial charge in [-0.05, 0) is 24.5 Å². The maximum Gasteiger partial charge on any atom is 0.263 e. The molecule has 0 radical (unpaired) electrons. The molecule has 20 heavy (non-hydrogen) atoms. The van der Waals surface area contributed by atoms with Crippen LogP contribution in [-0.2, 0) is 4.79 Å². The fourth-order valence-corrected chi connectivity index (χ4v) is 2.01. The first-order valence-corrected chi connectivity index (χ1v) is 6.95. The minimum atomic E-state index is -0.289. The second-order valence-corrected chi connectivity index (χ2v) is 5.25. The fraction of sp³-hybridized carbons (Fsp3) is 0.467. The Bertz CT molecular complexity index is 471. The van der Waals surface area contributed by atoms with Crippen LogP contribution in [0, 0.1) is 5.92 Å². The number of aliphatic imine (C=N–C) groups is 1. The van der Waals surface area contributed by atoms with Crippen molar-refractivity contribution in [1.29, 1.82) is 0 Å². The molecule has 1 unspecified atom stereocenters. The molecule has 2 N–H and O–H groups in total. The number of amides is 1. The van der Waals surface area contributed by atoms with Crippen LogP contribution in [-0.4, -0.2) is 24.4 Å². The molecule has 1 heterocycles. The Hall–Kier alpha value is -2.04. The predicted molar refractivity (Wildman–Crippen MR) is 78.5 cm³/mol. The lowest BCUT2D eigenvalue weighted by molar-refractivity contribution is -0.123. The zero-order valence-corrected chi connectivity index (χ0v) is 11.9. The maximum atomic E-state index is 11.7. The van der Waals surface area contributed by atoms with Crippen LogP contribution in [0.15, 0.2) is 35.3 Å². The summed E-state index contributed by atoms with van der Waals surface area (Å²) in [5, 5.41) is 0. The van der Waals surface area contributed by atoms with Crippen molar-refractivity contribution in [2.45, 2.75) is 32.7 Å². The average molecular weight is 275 g/mol. The van der Waals surface area contributed by atoms with E-state index in [1.54, 1.807) is 0 Å². The molecule has 5 heteroatoms. The van der Waals surface area contributed by atoms with Gasteiger partial charge in [-0.25, -0.2) is 0 Å². The van der Waals surface area contributed by atoms with E-state index in [1.807, 2.05) is 30.3 Å². The molecule has 2 rings (SSSR count). The number of hydrazine groups is 1. The van der Waals surface area contributed by atoms with Crippen LogP contribution in [0.3, 0.4) is 0 Å². The van der Waals surface area contributed by atoms with Gasteiger partial charge in [0.15, 0.2) is 0 Å². The molecule has 108 valence electrons. The zero-order valence-electron chi connectivity index (χ0n) is 11.9. The summed E-state index contributed by atoms with van der Waals surface area (Å²) < 4.78 is 5.62. The molecule has 1 aromatic carbocycles. The molecule has 5 nitrogen and oxygen atoms in total. The molecule has 0 bridgehead atoms. The van der Waals surface area contributed by atoms with E-state index in [4.69, 9.17) is 4.74 Å². The molecule has 0 saturated heterocycles. The van der Waals surface area contributed by atoms with Gasteiger partial charge in [0.25, 0.3) is 5.91 Å². The van der Waals surface area contributed by atoms with Crippen LogP contribution in [0.5, 0.6) is 5.75 Å². The van der Waals surface area contributed by atoms with Crippen LogP contribution in [0.2, 0.25) is 0 Å². The van der Waals surface area contributed by atoms with Crippen molar-refractivity contribution in [3.63, 3.8) is 0 Å². The van der Waals surface area contributed by atoms with Crippen molar-refractivity contribution in [2.75, 3.05) is 6.61 Å². The Morgan fingerprint density at radius 3 is 2.70 bits per heavy atom. The number of hydrogen-bond acceptors (Lipinski definition) is 4. The highest BCUT2D eigenvalue weighted by Gasteiger charge is 2.23. The first kappa shape index (κ1) is 14.4. The van der Waals surface area contributed by atoms with Gasteiger partial charge in [-0.3, -0.25) is 20.6 Å². The highest BCUT2D eigenvalue weighted by Crippen LogP contribution is 2.12. The van der Waals surface area contributed by atoms with Crippen molar-refractivity contribution in [3.05, 3.63) is 30.3 Å². The van der Waals surface area contributed by atoms with Gasteiger partial charge < -0.3 is 4.74 Å². The van der Waals surface area contributed by atoms with Crippen molar-refractivity contribution in [2.24, 2.45) is 10.9 Å². The fourth-order valence-electron chi connectivity index (χ4n) is 2.01. The third kappa shape index (κ3) is 4.26. The molecule has 1 aliphatic heterocycles. The SMILES string of the molecule is CC(C)CC1N=C(CCOc2ccccc2)NNC1=O. The summed E-state index contributed by atoms with van der Waals surface area (Å²) in [5.41, 5.74) is 5.49. The molecule has 1 aliphatic rings. The summed E-state index contributed by atoms with van der Waals surface area (Å²) in [6, 6.07) is 9.36. The van der Waals surface area contributed by atoms with Gasteiger partial charge in [-0.1, -0.05) is 32.0 Å². The summed E-state index contributed by atoms with van der Waals surface area (Å²) in [6.45, 7) is 4.70. The smallest absolute Gasteiger partial charge is 0.263 e. The van der Waals surface area contributed by atoms with E-state index in [1.165, 1.54) is 0 Å². The lowest BCUT2D eigenvalue weighted by atomic mass is 10.0. The van der Waals surface area contributed by atoms with Gasteiger partial charge in [0.05, 0.1) is 6.61 Å². The maximum absolute atomic E-state index is 11.7. The van der Waals surface area contributed by atoms with E-state index in [0.717, 1.165) is 18.0 Å². The van der Waals surface area contributed by atoms with Crippen molar-refractivity contribution in [1.82, 2.24) is 10.9 Å². The Morgan fingerprint density at radius 2 is 2.00 bits per heavy atom. The average Bonchev–Trinajstić information content (AvgIpc) is 2.43. The van der Waals surface area contributed by atoms with Crippen molar-refractivity contribution in [3.8, 4) is 5.75 Å². The first-order valence-electron chi connectivity index (χ1n) is 6.95. The standard InChI is InChI=1S/C15H21N3O2/c1-11(2)10-13-15(19)18-17-14(16-13)8-9-20-12-6-4-3-5-7-12/h3-7,11,13H,8-10H2,1-2H3,(H,16,17)(H,18,19). The van der Waals surface area contributed by atoms with Gasteiger partial charge in [-0.2, -0.15) is 0 Å². The van der Waals surface area contributed by atoms with E-state index in [9.17, 15) is 4.79 Å². The molecule has 0 saturated carbocycles. The third-order valence-corrected chi connectivity index (χ3v) is 2.99. The first-order chi connectivity index (χ1) is 9.65. The minimum absolute atomic E-state index is 0.0635. The van der Waals surface area contributed by atoms with Crippen LogP contribution in [0.4, 0.5) is 0 Å². The summed E-state index contributed by atoms with van der Waals surface area (Å²) >= 11 is 0. The van der Waals surface area contributed by atoms with E-state index in [-0.39, 0.29) is 11.9 Å². The number of ether oxygens (including phenoxy) is 1. The second-order valence-electron chi connectivity index (χ2n) is 5.25. The van der Waals surface area contributed by atoms with E-state index in [0.29, 0.717) is 18.9 Å². The number of benzene rings is 1. The predicted octanol–water partition coefficient (Wildman–Crippen LogP) is 1.90. The highest BCUT2D eigenvalue weighted by atomic mass is 16.5. The Morgan fingerprint density at radius 1 is 1.25 bits per heavy atom. The number of nitrogens with zero attached hydrogens (tertiary/aromatic N) is 1. The zero-order chi connectivity index (χ0) is 14.4. The second kappa shape index (κ2) is 6.93. The summed E-state index contributed by atoms with van der Waals surface area (Å²) in [5.74, 6) is 1.98. The number of hydrogen-bond donors (Lipinski definition) is 2. The molecule has 1 aromatic rings. The molecule has 0 spiro atoms. The van der Waals surface area contributed by atoms with Gasteiger partial charge >= 0.3 is 0 Å². The molecule has 1 atom stereocenters. The van der Waals surface area contributed by atoms with Crippen LogP contribution < -0.4 is 15.6 Å².